The number of aromatic nitrogens is 2. The molecule has 5 nitrogen and oxygen atoms in total. The molecule has 10 heteroatoms. The van der Waals surface area contributed by atoms with Gasteiger partial charge < -0.3 is 5.32 Å². The van der Waals surface area contributed by atoms with Gasteiger partial charge >= 0.3 is 6.18 Å². The third kappa shape index (κ3) is 4.64. The number of benzene rings is 1. The van der Waals surface area contributed by atoms with Gasteiger partial charge in [0.25, 0.3) is 0 Å². The largest absolute Gasteiger partial charge is 0.435 e. The highest BCUT2D eigenvalue weighted by Crippen LogP contribution is 2.41. The van der Waals surface area contributed by atoms with Crippen molar-refractivity contribution in [2.45, 2.75) is 58.3 Å². The molecule has 4 rings (SSSR count). The van der Waals surface area contributed by atoms with Crippen molar-refractivity contribution in [1.82, 2.24) is 15.1 Å². The van der Waals surface area contributed by atoms with Gasteiger partial charge in [-0.1, -0.05) is 56.0 Å². The fourth-order valence-electron chi connectivity index (χ4n) is 4.85. The van der Waals surface area contributed by atoms with Gasteiger partial charge in [-0.25, -0.2) is 9.67 Å². The molecule has 1 amide bonds. The Bertz CT molecular complexity index is 1100. The van der Waals surface area contributed by atoms with Crippen molar-refractivity contribution in [3.8, 4) is 0 Å². The lowest BCUT2D eigenvalue weighted by Crippen LogP contribution is -2.49. The van der Waals surface area contributed by atoms with Crippen LogP contribution in [0.3, 0.4) is 0 Å². The number of fused-ring (bicyclic) bond motifs is 1. The Kier molecular flexibility index (Phi) is 6.53. The molecule has 33 heavy (non-hydrogen) atoms. The maximum absolute atomic E-state index is 13.6. The van der Waals surface area contributed by atoms with Crippen LogP contribution >= 0.6 is 23.2 Å². The van der Waals surface area contributed by atoms with E-state index in [2.05, 4.69) is 29.3 Å². The summed E-state index contributed by atoms with van der Waals surface area (Å²) in [6, 6.07) is 4.83. The number of aliphatic imine (C=N–C) groups is 1. The summed E-state index contributed by atoms with van der Waals surface area (Å²) in [5.41, 5.74) is -0.113. The van der Waals surface area contributed by atoms with E-state index in [-0.39, 0.29) is 22.8 Å². The number of hydrogen-bond donors (Lipinski definition) is 1. The normalized spacial score (nSPS) is 27.6. The molecule has 1 aliphatic heterocycles. The molecule has 178 valence electrons. The van der Waals surface area contributed by atoms with Crippen molar-refractivity contribution in [1.29, 1.82) is 0 Å². The van der Waals surface area contributed by atoms with E-state index < -0.39 is 23.8 Å². The molecule has 1 saturated carbocycles. The van der Waals surface area contributed by atoms with Crippen LogP contribution in [0.2, 0.25) is 10.0 Å². The standard InChI is InChI=1S/C23H25Cl2F3N4O/c1-11-5-4-6-17(12(11)2)30-22(33)20-13(3)29-19-10-18(23(26,27)28)31-32(19)21(20)14-7-8-15(24)16(25)9-14/h7-12,17,20-21H,4-6H2,1-3H3,(H,30,33). The first-order chi connectivity index (χ1) is 15.5. The van der Waals surface area contributed by atoms with Gasteiger partial charge in [0.1, 0.15) is 5.92 Å². The molecule has 0 bridgehead atoms. The number of halogens is 5. The Morgan fingerprint density at radius 2 is 1.88 bits per heavy atom. The third-order valence-electron chi connectivity index (χ3n) is 6.93. The molecule has 0 saturated heterocycles. The smallest absolute Gasteiger partial charge is 0.352 e. The van der Waals surface area contributed by atoms with Crippen LogP contribution in [0.5, 0.6) is 0 Å². The average Bonchev–Trinajstić information content (AvgIpc) is 3.16. The van der Waals surface area contributed by atoms with Crippen LogP contribution in [0.4, 0.5) is 19.0 Å². The second-order valence-electron chi connectivity index (χ2n) is 9.06. The summed E-state index contributed by atoms with van der Waals surface area (Å²) in [6.45, 7) is 5.95. The number of carbonyl (C=O) groups excluding carboxylic acids is 1. The minimum absolute atomic E-state index is 0.00624. The maximum Gasteiger partial charge on any atom is 0.435 e. The zero-order chi connectivity index (χ0) is 24.1. The van der Waals surface area contributed by atoms with Crippen molar-refractivity contribution in [3.63, 3.8) is 0 Å². The molecule has 2 aliphatic rings. The number of nitrogens with one attached hydrogen (secondary N) is 1. The highest BCUT2D eigenvalue weighted by Gasteiger charge is 2.43. The Morgan fingerprint density at radius 3 is 2.55 bits per heavy atom. The van der Waals surface area contributed by atoms with Crippen LogP contribution < -0.4 is 5.32 Å². The van der Waals surface area contributed by atoms with E-state index in [1.807, 2.05) is 0 Å². The van der Waals surface area contributed by atoms with Crippen LogP contribution in [-0.2, 0) is 11.0 Å². The first kappa shape index (κ1) is 24.1. The highest BCUT2D eigenvalue weighted by atomic mass is 35.5. The van der Waals surface area contributed by atoms with E-state index >= 15 is 0 Å². The first-order valence-corrected chi connectivity index (χ1v) is 11.7. The van der Waals surface area contributed by atoms with E-state index in [1.54, 1.807) is 25.1 Å². The van der Waals surface area contributed by atoms with Gasteiger partial charge in [-0.05, 0) is 42.9 Å². The lowest BCUT2D eigenvalue weighted by molar-refractivity contribution is -0.141. The van der Waals surface area contributed by atoms with Gasteiger partial charge in [0.15, 0.2) is 11.5 Å². The Labute approximate surface area is 200 Å². The summed E-state index contributed by atoms with van der Waals surface area (Å²) in [6.07, 6.45) is -1.65. The number of alkyl halides is 3. The summed E-state index contributed by atoms with van der Waals surface area (Å²) in [7, 11) is 0. The van der Waals surface area contributed by atoms with Gasteiger partial charge in [-0.3, -0.25) is 4.79 Å². The molecule has 1 aliphatic carbocycles. The van der Waals surface area contributed by atoms with Crippen molar-refractivity contribution >= 4 is 40.6 Å². The zero-order valence-electron chi connectivity index (χ0n) is 18.5. The minimum atomic E-state index is -4.64. The van der Waals surface area contributed by atoms with E-state index in [0.29, 0.717) is 28.1 Å². The lowest BCUT2D eigenvalue weighted by Gasteiger charge is -2.37. The Hall–Kier alpha value is -2.06. The first-order valence-electron chi connectivity index (χ1n) is 10.9. The summed E-state index contributed by atoms with van der Waals surface area (Å²) >= 11 is 12.3. The second kappa shape index (κ2) is 8.95. The van der Waals surface area contributed by atoms with Crippen molar-refractivity contribution in [2.24, 2.45) is 22.7 Å². The Morgan fingerprint density at radius 1 is 1.15 bits per heavy atom. The third-order valence-corrected chi connectivity index (χ3v) is 7.67. The molecule has 2 heterocycles. The quantitative estimate of drug-likeness (QED) is 0.525. The molecule has 1 N–H and O–H groups in total. The van der Waals surface area contributed by atoms with Gasteiger partial charge in [-0.2, -0.15) is 18.3 Å². The monoisotopic (exact) mass is 500 g/mol. The van der Waals surface area contributed by atoms with E-state index in [0.717, 1.165) is 25.3 Å². The van der Waals surface area contributed by atoms with E-state index in [4.69, 9.17) is 23.2 Å². The summed E-state index contributed by atoms with van der Waals surface area (Å²) < 4.78 is 41.4. The SMILES string of the molecule is CC1=Nc2cc(C(F)(F)F)nn2C(c2ccc(Cl)c(Cl)c2)C1C(=O)NC1CCCC(C)C1C. The molecule has 1 fully saturated rings. The Balaban J connectivity index is 1.76. The van der Waals surface area contributed by atoms with Crippen LogP contribution in [0.1, 0.15) is 57.3 Å². The number of carbonyl (C=O) groups is 1. The zero-order valence-corrected chi connectivity index (χ0v) is 20.0. The van der Waals surface area contributed by atoms with Crippen LogP contribution in [0.15, 0.2) is 29.3 Å². The summed E-state index contributed by atoms with van der Waals surface area (Å²) in [4.78, 5) is 17.9. The van der Waals surface area contributed by atoms with Gasteiger partial charge in [0.05, 0.1) is 16.1 Å². The molecular weight excluding hydrogens is 476 g/mol. The van der Waals surface area contributed by atoms with Crippen LogP contribution in [0.25, 0.3) is 0 Å². The average molecular weight is 501 g/mol. The van der Waals surface area contributed by atoms with E-state index in [1.165, 1.54) is 4.68 Å². The van der Waals surface area contributed by atoms with Gasteiger partial charge in [-0.15, -0.1) is 0 Å². The second-order valence-corrected chi connectivity index (χ2v) is 9.88. The molecule has 5 atom stereocenters. The molecular formula is C23H25Cl2F3N4O. The van der Waals surface area contributed by atoms with Crippen molar-refractivity contribution in [2.75, 3.05) is 0 Å². The number of nitrogens with zero attached hydrogens (tertiary/aromatic N) is 3. The van der Waals surface area contributed by atoms with Crippen LogP contribution in [-0.4, -0.2) is 27.4 Å². The minimum Gasteiger partial charge on any atom is -0.352 e. The molecule has 2 aromatic rings. The van der Waals surface area contributed by atoms with Crippen LogP contribution in [0, 0.1) is 17.8 Å². The molecule has 1 aromatic carbocycles. The summed E-state index contributed by atoms with van der Waals surface area (Å²) in [5.74, 6) is -0.320. The highest BCUT2D eigenvalue weighted by molar-refractivity contribution is 6.42. The lowest BCUT2D eigenvalue weighted by atomic mass is 9.77. The molecule has 0 radical (unpaired) electrons. The predicted octanol–water partition coefficient (Wildman–Crippen LogP) is 6.46. The topological polar surface area (TPSA) is 59.3 Å². The fraction of sp³-hybridized carbons (Fsp3) is 0.522. The number of hydrogen-bond acceptors (Lipinski definition) is 3. The van der Waals surface area contributed by atoms with E-state index in [9.17, 15) is 18.0 Å². The maximum atomic E-state index is 13.6. The molecule has 0 spiro atoms. The summed E-state index contributed by atoms with van der Waals surface area (Å²) in [5, 5.41) is 7.51. The number of amides is 1. The molecule has 1 aromatic heterocycles. The van der Waals surface area contributed by atoms with Crippen molar-refractivity contribution in [3.05, 3.63) is 45.6 Å². The molecule has 5 unspecified atom stereocenters. The van der Waals surface area contributed by atoms with Gasteiger partial charge in [0, 0.05) is 17.8 Å². The number of rotatable bonds is 3. The predicted molar refractivity (Wildman–Crippen MR) is 122 cm³/mol. The van der Waals surface area contributed by atoms with Crippen molar-refractivity contribution < 1.29 is 18.0 Å². The van der Waals surface area contributed by atoms with Gasteiger partial charge in [0.2, 0.25) is 5.91 Å². The fourth-order valence-corrected chi connectivity index (χ4v) is 5.16.